The Kier molecular flexibility index (Phi) is 3.47. The molecule has 0 bridgehead atoms. The average Bonchev–Trinajstić information content (AvgIpc) is 2.34. The van der Waals surface area contributed by atoms with E-state index in [-0.39, 0.29) is 24.2 Å². The Hall–Kier alpha value is -0.930. The number of aliphatic hydroxyl groups is 2. The van der Waals surface area contributed by atoms with Crippen molar-refractivity contribution in [3.63, 3.8) is 0 Å². The highest BCUT2D eigenvalue weighted by Gasteiger charge is 2.49. The molecule has 0 aromatic rings. The standard InChI is InChI=1S/C15H22O3/c1-9(2)12-7-15(8-16)10(3)13(17)5-4-11(15)6-14(12)18/h6,10,12-13,16-17H,1,4-5,7-8H2,2-3H3/t10-,12+,13-,15-/m1/s1. The van der Waals surface area contributed by atoms with Crippen LogP contribution in [0.2, 0.25) is 0 Å². The zero-order valence-electron chi connectivity index (χ0n) is 11.1. The molecule has 0 unspecified atom stereocenters. The van der Waals surface area contributed by atoms with E-state index in [1.165, 1.54) is 0 Å². The summed E-state index contributed by atoms with van der Waals surface area (Å²) in [6.07, 6.45) is 3.28. The van der Waals surface area contributed by atoms with E-state index >= 15 is 0 Å². The van der Waals surface area contributed by atoms with Gasteiger partial charge in [0.05, 0.1) is 12.7 Å². The topological polar surface area (TPSA) is 57.5 Å². The van der Waals surface area contributed by atoms with Crippen LogP contribution in [0.5, 0.6) is 0 Å². The monoisotopic (exact) mass is 250 g/mol. The third kappa shape index (κ3) is 1.86. The SMILES string of the molecule is C=C(C)[C@@H]1C[C@]2(CO)C(=CC1=O)CC[C@@H](O)[C@H]2C. The number of hydrogen-bond donors (Lipinski definition) is 2. The van der Waals surface area contributed by atoms with Crippen molar-refractivity contribution < 1.29 is 15.0 Å². The molecule has 2 rings (SSSR count). The Morgan fingerprint density at radius 3 is 2.83 bits per heavy atom. The Balaban J connectivity index is 2.45. The second-order valence-electron chi connectivity index (χ2n) is 5.88. The van der Waals surface area contributed by atoms with Crippen LogP contribution in [0.3, 0.4) is 0 Å². The molecule has 0 aromatic carbocycles. The van der Waals surface area contributed by atoms with Crippen LogP contribution in [-0.4, -0.2) is 28.7 Å². The molecule has 3 heteroatoms. The van der Waals surface area contributed by atoms with Gasteiger partial charge in [0.25, 0.3) is 0 Å². The summed E-state index contributed by atoms with van der Waals surface area (Å²) in [5, 5.41) is 19.9. The van der Waals surface area contributed by atoms with Crippen molar-refractivity contribution in [1.82, 2.24) is 0 Å². The summed E-state index contributed by atoms with van der Waals surface area (Å²) in [5.41, 5.74) is 1.43. The molecule has 2 aliphatic carbocycles. The van der Waals surface area contributed by atoms with E-state index in [0.717, 1.165) is 11.1 Å². The minimum atomic E-state index is -0.435. The van der Waals surface area contributed by atoms with Crippen molar-refractivity contribution >= 4 is 5.78 Å². The number of carbonyl (C=O) groups is 1. The molecule has 4 atom stereocenters. The number of rotatable bonds is 2. The van der Waals surface area contributed by atoms with Crippen LogP contribution >= 0.6 is 0 Å². The van der Waals surface area contributed by atoms with Crippen molar-refractivity contribution in [3.05, 3.63) is 23.8 Å². The van der Waals surface area contributed by atoms with E-state index in [0.29, 0.717) is 19.3 Å². The third-order valence-electron chi connectivity index (χ3n) is 4.90. The normalized spacial score (nSPS) is 40.1. The third-order valence-corrected chi connectivity index (χ3v) is 4.90. The molecule has 0 heterocycles. The molecular formula is C15H22O3. The van der Waals surface area contributed by atoms with Crippen molar-refractivity contribution in [3.8, 4) is 0 Å². The molecular weight excluding hydrogens is 228 g/mol. The fourth-order valence-electron chi connectivity index (χ4n) is 3.46. The summed E-state index contributed by atoms with van der Waals surface area (Å²) in [7, 11) is 0. The quantitative estimate of drug-likeness (QED) is 0.735. The van der Waals surface area contributed by atoms with Gasteiger partial charge in [-0.2, -0.15) is 0 Å². The Morgan fingerprint density at radius 1 is 1.61 bits per heavy atom. The molecule has 0 saturated heterocycles. The number of allylic oxidation sites excluding steroid dienone is 2. The number of carbonyl (C=O) groups excluding carboxylic acids is 1. The number of hydrogen-bond acceptors (Lipinski definition) is 3. The molecule has 0 aliphatic heterocycles. The van der Waals surface area contributed by atoms with E-state index in [9.17, 15) is 15.0 Å². The van der Waals surface area contributed by atoms with Gasteiger partial charge in [0.15, 0.2) is 5.78 Å². The summed E-state index contributed by atoms with van der Waals surface area (Å²) in [6, 6.07) is 0. The summed E-state index contributed by atoms with van der Waals surface area (Å²) >= 11 is 0. The van der Waals surface area contributed by atoms with Gasteiger partial charge in [0.2, 0.25) is 0 Å². The first-order valence-electron chi connectivity index (χ1n) is 6.61. The second kappa shape index (κ2) is 4.63. The molecule has 18 heavy (non-hydrogen) atoms. The van der Waals surface area contributed by atoms with Gasteiger partial charge >= 0.3 is 0 Å². The molecule has 2 aliphatic rings. The Labute approximate surface area is 108 Å². The van der Waals surface area contributed by atoms with Gasteiger partial charge in [-0.15, -0.1) is 0 Å². The molecule has 1 fully saturated rings. The van der Waals surface area contributed by atoms with Gasteiger partial charge < -0.3 is 10.2 Å². The minimum absolute atomic E-state index is 0.00583. The summed E-state index contributed by atoms with van der Waals surface area (Å²) < 4.78 is 0. The van der Waals surface area contributed by atoms with Crippen LogP contribution in [-0.2, 0) is 4.79 Å². The smallest absolute Gasteiger partial charge is 0.162 e. The van der Waals surface area contributed by atoms with Crippen molar-refractivity contribution in [1.29, 1.82) is 0 Å². The molecule has 0 aromatic heterocycles. The summed E-state index contributed by atoms with van der Waals surface area (Å²) in [5.74, 6) is -0.128. The van der Waals surface area contributed by atoms with Crippen LogP contribution in [0.25, 0.3) is 0 Å². The summed E-state index contributed by atoms with van der Waals surface area (Å²) in [6.45, 7) is 7.71. The largest absolute Gasteiger partial charge is 0.395 e. The molecule has 1 saturated carbocycles. The predicted molar refractivity (Wildman–Crippen MR) is 69.9 cm³/mol. The van der Waals surface area contributed by atoms with Crippen molar-refractivity contribution in [2.45, 2.75) is 39.2 Å². The Morgan fingerprint density at radius 2 is 2.28 bits per heavy atom. The van der Waals surface area contributed by atoms with E-state index in [1.54, 1.807) is 6.08 Å². The van der Waals surface area contributed by atoms with Gasteiger partial charge in [-0.3, -0.25) is 4.79 Å². The molecule has 2 N–H and O–H groups in total. The second-order valence-corrected chi connectivity index (χ2v) is 5.88. The lowest BCUT2D eigenvalue weighted by molar-refractivity contribution is -0.121. The van der Waals surface area contributed by atoms with Crippen LogP contribution in [0.15, 0.2) is 23.8 Å². The van der Waals surface area contributed by atoms with Gasteiger partial charge in [-0.1, -0.05) is 24.6 Å². The lowest BCUT2D eigenvalue weighted by atomic mass is 9.56. The summed E-state index contributed by atoms with van der Waals surface area (Å²) in [4.78, 5) is 12.1. The van der Waals surface area contributed by atoms with Crippen LogP contribution < -0.4 is 0 Å². The highest BCUT2D eigenvalue weighted by Crippen LogP contribution is 2.52. The average molecular weight is 250 g/mol. The highest BCUT2D eigenvalue weighted by molar-refractivity contribution is 5.95. The molecule has 0 radical (unpaired) electrons. The molecule has 0 amide bonds. The maximum absolute atomic E-state index is 12.1. The molecule has 100 valence electrons. The lowest BCUT2D eigenvalue weighted by Gasteiger charge is -2.49. The number of ketones is 1. The van der Waals surface area contributed by atoms with Crippen LogP contribution in [0.1, 0.15) is 33.1 Å². The Bertz CT molecular complexity index is 410. The van der Waals surface area contributed by atoms with Crippen LogP contribution in [0.4, 0.5) is 0 Å². The van der Waals surface area contributed by atoms with Gasteiger partial charge in [-0.05, 0) is 38.2 Å². The van der Waals surface area contributed by atoms with Gasteiger partial charge in [-0.25, -0.2) is 0 Å². The molecule has 0 spiro atoms. The first kappa shape index (κ1) is 13.5. The minimum Gasteiger partial charge on any atom is -0.395 e. The van der Waals surface area contributed by atoms with Crippen LogP contribution in [0, 0.1) is 17.3 Å². The fraction of sp³-hybridized carbons (Fsp3) is 0.667. The van der Waals surface area contributed by atoms with E-state index in [1.807, 2.05) is 13.8 Å². The van der Waals surface area contributed by atoms with Crippen molar-refractivity contribution in [2.75, 3.05) is 6.61 Å². The lowest BCUT2D eigenvalue weighted by Crippen LogP contribution is -2.49. The zero-order valence-corrected chi connectivity index (χ0v) is 11.1. The van der Waals surface area contributed by atoms with E-state index < -0.39 is 11.5 Å². The van der Waals surface area contributed by atoms with E-state index in [2.05, 4.69) is 6.58 Å². The molecule has 3 nitrogen and oxygen atoms in total. The fourth-order valence-corrected chi connectivity index (χ4v) is 3.46. The predicted octanol–water partition coefficient (Wildman–Crippen LogP) is 1.85. The number of aliphatic hydroxyl groups excluding tert-OH is 2. The first-order valence-corrected chi connectivity index (χ1v) is 6.61. The zero-order chi connectivity index (χ0) is 13.5. The van der Waals surface area contributed by atoms with Gasteiger partial charge in [0, 0.05) is 11.3 Å². The maximum Gasteiger partial charge on any atom is 0.162 e. The van der Waals surface area contributed by atoms with Gasteiger partial charge in [0.1, 0.15) is 0 Å². The van der Waals surface area contributed by atoms with Crippen molar-refractivity contribution in [2.24, 2.45) is 17.3 Å². The maximum atomic E-state index is 12.1. The highest BCUT2D eigenvalue weighted by atomic mass is 16.3. The number of fused-ring (bicyclic) bond motifs is 1. The first-order chi connectivity index (χ1) is 8.42. The van der Waals surface area contributed by atoms with E-state index in [4.69, 9.17) is 0 Å².